The summed E-state index contributed by atoms with van der Waals surface area (Å²) in [5.41, 5.74) is 1.02. The third-order valence-corrected chi connectivity index (χ3v) is 4.14. The van der Waals surface area contributed by atoms with E-state index in [0.717, 1.165) is 16.3 Å². The minimum Gasteiger partial charge on any atom is -0.339 e. The highest BCUT2D eigenvalue weighted by atomic mass is 32.2. The highest BCUT2D eigenvalue weighted by Crippen LogP contribution is 2.24. The number of thioether (sulfide) groups is 1. The summed E-state index contributed by atoms with van der Waals surface area (Å²) in [6, 6.07) is 1.49. The van der Waals surface area contributed by atoms with E-state index < -0.39 is 12.7 Å². The molecule has 0 bridgehead atoms. The number of aromatic nitrogens is 5. The molecule has 2 aromatic heterocycles. The second-order valence-electron chi connectivity index (χ2n) is 4.78. The van der Waals surface area contributed by atoms with Gasteiger partial charge in [-0.2, -0.15) is 13.2 Å². The van der Waals surface area contributed by atoms with Crippen LogP contribution in [0.4, 0.5) is 13.2 Å². The van der Waals surface area contributed by atoms with Crippen molar-refractivity contribution in [3.8, 4) is 0 Å². The molecule has 120 valence electrons. The minimum absolute atomic E-state index is 0.0600. The first-order chi connectivity index (χ1) is 10.2. The van der Waals surface area contributed by atoms with Gasteiger partial charge in [0.2, 0.25) is 5.16 Å². The minimum atomic E-state index is -4.33. The fourth-order valence-corrected chi connectivity index (χ4v) is 2.79. The van der Waals surface area contributed by atoms with E-state index in [9.17, 15) is 18.0 Å². The maximum Gasteiger partial charge on any atom is 0.406 e. The average Bonchev–Trinajstić information content (AvgIpc) is 2.93. The zero-order valence-corrected chi connectivity index (χ0v) is 13.0. The number of carbonyl (C=O) groups excluding carboxylic acids is 1. The Labute approximate surface area is 128 Å². The van der Waals surface area contributed by atoms with Crippen LogP contribution in [0.2, 0.25) is 0 Å². The second kappa shape index (κ2) is 6.11. The van der Waals surface area contributed by atoms with Crippen LogP contribution in [-0.2, 0) is 13.6 Å². The van der Waals surface area contributed by atoms with Gasteiger partial charge in [-0.15, -0.1) is 5.10 Å². The molecule has 2 aromatic rings. The van der Waals surface area contributed by atoms with Crippen LogP contribution in [0.5, 0.6) is 0 Å². The van der Waals surface area contributed by atoms with Crippen molar-refractivity contribution in [1.82, 2.24) is 24.8 Å². The molecule has 0 N–H and O–H groups in total. The largest absolute Gasteiger partial charge is 0.406 e. The van der Waals surface area contributed by atoms with Crippen LogP contribution >= 0.6 is 11.8 Å². The Bertz CT molecular complexity index is 691. The topological polar surface area (TPSA) is 65.6 Å². The van der Waals surface area contributed by atoms with E-state index in [1.54, 1.807) is 14.0 Å². The molecule has 0 unspecified atom stereocenters. The van der Waals surface area contributed by atoms with Crippen molar-refractivity contribution in [2.24, 2.45) is 7.05 Å². The Morgan fingerprint density at radius 3 is 2.59 bits per heavy atom. The van der Waals surface area contributed by atoms with Crippen molar-refractivity contribution in [1.29, 1.82) is 0 Å². The Balaban J connectivity index is 2.13. The third kappa shape index (κ3) is 3.67. The molecule has 0 saturated heterocycles. The number of halogens is 3. The molecule has 0 amide bonds. The molecule has 0 saturated carbocycles. The van der Waals surface area contributed by atoms with Gasteiger partial charge in [-0.25, -0.2) is 4.68 Å². The van der Waals surface area contributed by atoms with E-state index >= 15 is 0 Å². The summed E-state index contributed by atoms with van der Waals surface area (Å²) in [7, 11) is 1.64. The molecule has 0 spiro atoms. The molecule has 0 fully saturated rings. The van der Waals surface area contributed by atoms with Gasteiger partial charge >= 0.3 is 6.18 Å². The monoisotopic (exact) mass is 333 g/mol. The summed E-state index contributed by atoms with van der Waals surface area (Å²) in [5, 5.41) is 11.3. The van der Waals surface area contributed by atoms with E-state index in [1.807, 2.05) is 0 Å². The quantitative estimate of drug-likeness (QED) is 0.620. The van der Waals surface area contributed by atoms with Gasteiger partial charge in [0.15, 0.2) is 5.78 Å². The lowest BCUT2D eigenvalue weighted by Gasteiger charge is -2.12. The Hall–Kier alpha value is -1.84. The zero-order valence-electron chi connectivity index (χ0n) is 12.2. The molecule has 0 aliphatic rings. The summed E-state index contributed by atoms with van der Waals surface area (Å²) in [6.07, 6.45) is -4.33. The maximum atomic E-state index is 12.6. The van der Waals surface area contributed by atoms with E-state index in [2.05, 4.69) is 15.5 Å². The maximum absolute atomic E-state index is 12.6. The lowest BCUT2D eigenvalue weighted by Crippen LogP contribution is -2.19. The molecule has 2 rings (SSSR count). The van der Waals surface area contributed by atoms with Crippen molar-refractivity contribution in [2.75, 3.05) is 5.75 Å². The molecular formula is C12H14F3N5OS. The number of aryl methyl sites for hydroxylation is 2. The number of hydrogen-bond donors (Lipinski definition) is 0. The van der Waals surface area contributed by atoms with E-state index in [0.29, 0.717) is 22.1 Å². The smallest absolute Gasteiger partial charge is 0.339 e. The number of hydrogen-bond acceptors (Lipinski definition) is 5. The van der Waals surface area contributed by atoms with Gasteiger partial charge in [-0.1, -0.05) is 11.8 Å². The summed E-state index contributed by atoms with van der Waals surface area (Å²) in [6.45, 7) is 1.97. The molecular weight excluding hydrogens is 319 g/mol. The highest BCUT2D eigenvalue weighted by molar-refractivity contribution is 7.99. The van der Waals surface area contributed by atoms with Gasteiger partial charge < -0.3 is 4.57 Å². The molecule has 0 radical (unpaired) electrons. The van der Waals surface area contributed by atoms with Crippen molar-refractivity contribution in [3.63, 3.8) is 0 Å². The van der Waals surface area contributed by atoms with Crippen LogP contribution in [-0.4, -0.2) is 42.5 Å². The van der Waals surface area contributed by atoms with Gasteiger partial charge in [0, 0.05) is 24.0 Å². The number of carbonyl (C=O) groups is 1. The van der Waals surface area contributed by atoms with Crippen LogP contribution in [0.1, 0.15) is 21.7 Å². The normalized spacial score (nSPS) is 11.9. The number of tetrazole rings is 1. The number of Topliss-reactive ketones (excluding diaryl/α,β-unsaturated/α-hetero) is 1. The van der Waals surface area contributed by atoms with Crippen LogP contribution in [0.15, 0.2) is 11.2 Å². The molecule has 2 heterocycles. The lowest BCUT2D eigenvalue weighted by atomic mass is 10.2. The van der Waals surface area contributed by atoms with Crippen molar-refractivity contribution < 1.29 is 18.0 Å². The summed E-state index contributed by atoms with van der Waals surface area (Å²) in [4.78, 5) is 12.2. The number of nitrogens with zero attached hydrogens (tertiary/aromatic N) is 5. The standard InChI is InChI=1S/C12H14F3N5OS/c1-7-4-9(8(2)20(7)6-12(13,14)15)10(21)5-22-11-16-17-18-19(11)3/h4H,5-6H2,1-3H3. The second-order valence-corrected chi connectivity index (χ2v) is 5.73. The first-order valence-corrected chi connectivity index (χ1v) is 7.29. The van der Waals surface area contributed by atoms with Gasteiger partial charge in [0.1, 0.15) is 6.54 Å². The van der Waals surface area contributed by atoms with Crippen LogP contribution in [0.25, 0.3) is 0 Å². The average molecular weight is 333 g/mol. The summed E-state index contributed by atoms with van der Waals surface area (Å²) in [5.74, 6) is -0.195. The van der Waals surface area contributed by atoms with Crippen molar-refractivity contribution >= 4 is 17.5 Å². The zero-order chi connectivity index (χ0) is 16.5. The van der Waals surface area contributed by atoms with Crippen LogP contribution in [0, 0.1) is 13.8 Å². The van der Waals surface area contributed by atoms with Gasteiger partial charge in [-0.3, -0.25) is 4.79 Å². The van der Waals surface area contributed by atoms with Gasteiger partial charge in [0.05, 0.1) is 5.75 Å². The molecule has 0 aliphatic heterocycles. The highest BCUT2D eigenvalue weighted by Gasteiger charge is 2.30. The fraction of sp³-hybridized carbons (Fsp3) is 0.500. The van der Waals surface area contributed by atoms with E-state index in [1.165, 1.54) is 17.7 Å². The Morgan fingerprint density at radius 2 is 2.05 bits per heavy atom. The lowest BCUT2D eigenvalue weighted by molar-refractivity contribution is -0.141. The predicted molar refractivity (Wildman–Crippen MR) is 73.8 cm³/mol. The van der Waals surface area contributed by atoms with Crippen molar-refractivity contribution in [2.45, 2.75) is 31.7 Å². The summed E-state index contributed by atoms with van der Waals surface area (Å²) < 4.78 is 40.2. The first-order valence-electron chi connectivity index (χ1n) is 6.31. The Morgan fingerprint density at radius 1 is 1.36 bits per heavy atom. The van der Waals surface area contributed by atoms with E-state index in [4.69, 9.17) is 0 Å². The molecule has 6 nitrogen and oxygen atoms in total. The van der Waals surface area contributed by atoms with Gasteiger partial charge in [-0.05, 0) is 30.3 Å². The Kier molecular flexibility index (Phi) is 4.59. The fourth-order valence-electron chi connectivity index (χ4n) is 2.06. The molecule has 0 aromatic carbocycles. The number of rotatable bonds is 5. The molecule has 0 aliphatic carbocycles. The molecule has 0 atom stereocenters. The SMILES string of the molecule is Cc1cc(C(=O)CSc2nnnn2C)c(C)n1CC(F)(F)F. The van der Waals surface area contributed by atoms with E-state index in [-0.39, 0.29) is 11.5 Å². The predicted octanol–water partition coefficient (Wildman–Crippen LogP) is 2.17. The van der Waals surface area contributed by atoms with Crippen LogP contribution in [0.3, 0.4) is 0 Å². The van der Waals surface area contributed by atoms with Crippen LogP contribution < -0.4 is 0 Å². The molecule has 22 heavy (non-hydrogen) atoms. The number of alkyl halides is 3. The molecule has 10 heteroatoms. The third-order valence-electron chi connectivity index (χ3n) is 3.13. The van der Waals surface area contributed by atoms with Gasteiger partial charge in [0.25, 0.3) is 0 Å². The number of ketones is 1. The summed E-state index contributed by atoms with van der Waals surface area (Å²) >= 11 is 1.14. The first kappa shape index (κ1) is 16.5. The van der Waals surface area contributed by atoms with Crippen molar-refractivity contribution in [3.05, 3.63) is 23.0 Å².